The average Bonchev–Trinajstić information content (AvgIpc) is 2.57. The Balaban J connectivity index is 0.00000338. The first-order valence-electron chi connectivity index (χ1n) is 7.16. The van der Waals surface area contributed by atoms with Crippen LogP contribution in [0, 0.1) is 6.92 Å². The van der Waals surface area contributed by atoms with Crippen LogP contribution < -0.4 is 10.5 Å². The smallest absolute Gasteiger partial charge is 0.341 e. The molecule has 0 spiro atoms. The highest BCUT2D eigenvalue weighted by Crippen LogP contribution is 2.36. The zero-order valence-corrected chi connectivity index (χ0v) is 15.9. The predicted octanol–water partition coefficient (Wildman–Crippen LogP) is 3.58. The molecule has 0 radical (unpaired) electrons. The number of carboxylic acid groups (broad SMARTS) is 1. The van der Waals surface area contributed by atoms with Gasteiger partial charge in [-0.1, -0.05) is 23.2 Å². The summed E-state index contributed by atoms with van der Waals surface area (Å²) in [5.41, 5.74) is 6.95. The topological polar surface area (TPSA) is 110 Å². The van der Waals surface area contributed by atoms with Gasteiger partial charge in [-0.05, 0) is 36.8 Å². The number of nitrogens with two attached hydrogens (primary N) is 1. The molecule has 0 bridgehead atoms. The van der Waals surface area contributed by atoms with Crippen molar-refractivity contribution in [3.8, 4) is 11.5 Å². The van der Waals surface area contributed by atoms with Crippen LogP contribution in [0.1, 0.15) is 27.0 Å². The third kappa shape index (κ3) is 4.59. The number of carboxylic acids is 1. The molecule has 0 aliphatic rings. The standard InChI is InChI=1S/C17H15Cl2NO5.ClH/c1-8-4-9(5-10(6-20)16(8)23)17(24)11-2-3-12(15(19)14(11)18)25-7-13(21)22;/h2-5,23H,6-7,20H2,1H3,(H,21,22);1H. The predicted molar refractivity (Wildman–Crippen MR) is 101 cm³/mol. The Morgan fingerprint density at radius 2 is 1.85 bits per heavy atom. The number of ether oxygens (including phenoxy) is 1. The maximum Gasteiger partial charge on any atom is 0.341 e. The molecule has 2 rings (SSSR count). The molecule has 0 amide bonds. The van der Waals surface area contributed by atoms with Gasteiger partial charge in [0, 0.05) is 23.2 Å². The van der Waals surface area contributed by atoms with Crippen LogP contribution in [0.15, 0.2) is 24.3 Å². The number of carbonyl (C=O) groups excluding carboxylic acids is 1. The molecule has 6 nitrogen and oxygen atoms in total. The number of hydrogen-bond acceptors (Lipinski definition) is 5. The molecule has 0 aromatic heterocycles. The fourth-order valence-electron chi connectivity index (χ4n) is 2.25. The minimum Gasteiger partial charge on any atom is -0.507 e. The molecule has 2 aromatic carbocycles. The Kier molecular flexibility index (Phi) is 7.71. The number of phenols is 1. The summed E-state index contributed by atoms with van der Waals surface area (Å²) in [6.07, 6.45) is 0. The lowest BCUT2D eigenvalue weighted by Crippen LogP contribution is -2.10. The molecular weight excluding hydrogens is 405 g/mol. The van der Waals surface area contributed by atoms with E-state index in [1.54, 1.807) is 6.92 Å². The van der Waals surface area contributed by atoms with Crippen molar-refractivity contribution in [2.75, 3.05) is 6.61 Å². The zero-order valence-electron chi connectivity index (χ0n) is 13.6. The summed E-state index contributed by atoms with van der Waals surface area (Å²) in [5, 5.41) is 18.4. The summed E-state index contributed by atoms with van der Waals surface area (Å²) in [5.74, 6) is -1.47. The van der Waals surface area contributed by atoms with Crippen molar-refractivity contribution < 1.29 is 24.5 Å². The van der Waals surface area contributed by atoms with Crippen LogP contribution in [-0.2, 0) is 11.3 Å². The number of halogens is 3. The van der Waals surface area contributed by atoms with Gasteiger partial charge < -0.3 is 20.7 Å². The van der Waals surface area contributed by atoms with Gasteiger partial charge in [-0.25, -0.2) is 4.79 Å². The number of aromatic hydroxyl groups is 1. The minimum absolute atomic E-state index is 0. The second-order valence-electron chi connectivity index (χ2n) is 5.26. The van der Waals surface area contributed by atoms with Gasteiger partial charge in [0.2, 0.25) is 0 Å². The molecule has 0 aliphatic heterocycles. The molecule has 0 saturated heterocycles. The number of benzene rings is 2. The van der Waals surface area contributed by atoms with E-state index in [-0.39, 0.29) is 46.1 Å². The first kappa shape index (κ1) is 22.1. The number of aryl methyl sites for hydroxylation is 1. The van der Waals surface area contributed by atoms with Crippen LogP contribution in [-0.4, -0.2) is 28.6 Å². The first-order chi connectivity index (χ1) is 11.8. The Hall–Kier alpha value is -1.99. The quantitative estimate of drug-likeness (QED) is 0.616. The average molecular weight is 421 g/mol. The van der Waals surface area contributed by atoms with Crippen molar-refractivity contribution in [2.45, 2.75) is 13.5 Å². The summed E-state index contributed by atoms with van der Waals surface area (Å²) >= 11 is 12.2. The Morgan fingerprint density at radius 3 is 2.42 bits per heavy atom. The Labute approximate surface area is 165 Å². The largest absolute Gasteiger partial charge is 0.507 e. The molecule has 0 saturated carbocycles. The number of phenolic OH excluding ortho intramolecular Hbond substituents is 1. The zero-order chi connectivity index (χ0) is 18.7. The Morgan fingerprint density at radius 1 is 1.19 bits per heavy atom. The molecule has 0 fully saturated rings. The van der Waals surface area contributed by atoms with Crippen LogP contribution in [0.3, 0.4) is 0 Å². The number of carbonyl (C=O) groups is 2. The van der Waals surface area contributed by atoms with Gasteiger partial charge in [-0.15, -0.1) is 12.4 Å². The SMILES string of the molecule is Cc1cc(C(=O)c2ccc(OCC(=O)O)c(Cl)c2Cl)cc(CN)c1O.Cl. The molecule has 26 heavy (non-hydrogen) atoms. The molecule has 4 N–H and O–H groups in total. The second kappa shape index (κ2) is 9.09. The van der Waals surface area contributed by atoms with E-state index in [0.29, 0.717) is 16.7 Å². The summed E-state index contributed by atoms with van der Waals surface area (Å²) < 4.78 is 5.01. The lowest BCUT2D eigenvalue weighted by Gasteiger charge is -2.12. The van der Waals surface area contributed by atoms with Crippen molar-refractivity contribution in [1.82, 2.24) is 0 Å². The highest BCUT2D eigenvalue weighted by molar-refractivity contribution is 6.45. The molecule has 9 heteroatoms. The van der Waals surface area contributed by atoms with E-state index in [2.05, 4.69) is 0 Å². The molecule has 0 aliphatic carbocycles. The third-order valence-corrected chi connectivity index (χ3v) is 4.37. The highest BCUT2D eigenvalue weighted by Gasteiger charge is 2.20. The van der Waals surface area contributed by atoms with E-state index in [0.717, 1.165) is 0 Å². The summed E-state index contributed by atoms with van der Waals surface area (Å²) in [7, 11) is 0. The van der Waals surface area contributed by atoms with E-state index in [1.165, 1.54) is 24.3 Å². The normalized spacial score (nSPS) is 10.2. The monoisotopic (exact) mass is 419 g/mol. The Bertz CT molecular complexity index is 855. The lowest BCUT2D eigenvalue weighted by molar-refractivity contribution is -0.139. The molecule has 140 valence electrons. The van der Waals surface area contributed by atoms with Gasteiger partial charge in [0.1, 0.15) is 16.5 Å². The van der Waals surface area contributed by atoms with Gasteiger partial charge >= 0.3 is 5.97 Å². The van der Waals surface area contributed by atoms with Crippen molar-refractivity contribution in [3.05, 3.63) is 56.6 Å². The van der Waals surface area contributed by atoms with Crippen LogP contribution in [0.25, 0.3) is 0 Å². The third-order valence-electron chi connectivity index (χ3n) is 3.50. The van der Waals surface area contributed by atoms with Crippen LogP contribution >= 0.6 is 35.6 Å². The van der Waals surface area contributed by atoms with Crippen LogP contribution in [0.5, 0.6) is 11.5 Å². The summed E-state index contributed by atoms with van der Waals surface area (Å²) in [4.78, 5) is 23.3. The molecule has 0 atom stereocenters. The number of aliphatic carboxylic acids is 1. The van der Waals surface area contributed by atoms with E-state index >= 15 is 0 Å². The van der Waals surface area contributed by atoms with Crippen molar-refractivity contribution in [3.63, 3.8) is 0 Å². The van der Waals surface area contributed by atoms with Crippen LogP contribution in [0.4, 0.5) is 0 Å². The molecule has 0 heterocycles. The molecule has 0 unspecified atom stereocenters. The van der Waals surface area contributed by atoms with E-state index in [1.807, 2.05) is 0 Å². The van der Waals surface area contributed by atoms with E-state index in [9.17, 15) is 14.7 Å². The van der Waals surface area contributed by atoms with Gasteiger partial charge in [0.25, 0.3) is 0 Å². The maximum atomic E-state index is 12.7. The summed E-state index contributed by atoms with van der Waals surface area (Å²) in [6, 6.07) is 5.79. The minimum atomic E-state index is -1.17. The van der Waals surface area contributed by atoms with Gasteiger partial charge in [0.05, 0.1) is 5.02 Å². The maximum absolute atomic E-state index is 12.7. The van der Waals surface area contributed by atoms with E-state index < -0.39 is 18.4 Å². The number of rotatable bonds is 6. The first-order valence-corrected chi connectivity index (χ1v) is 7.91. The number of hydrogen-bond donors (Lipinski definition) is 3. The number of ketones is 1. The van der Waals surface area contributed by atoms with Crippen molar-refractivity contribution >= 4 is 47.4 Å². The van der Waals surface area contributed by atoms with Crippen molar-refractivity contribution in [1.29, 1.82) is 0 Å². The van der Waals surface area contributed by atoms with E-state index in [4.69, 9.17) is 38.8 Å². The lowest BCUT2D eigenvalue weighted by atomic mass is 9.98. The van der Waals surface area contributed by atoms with Gasteiger partial charge in [-0.2, -0.15) is 0 Å². The second-order valence-corrected chi connectivity index (χ2v) is 6.01. The molecule has 2 aromatic rings. The van der Waals surface area contributed by atoms with Crippen molar-refractivity contribution in [2.24, 2.45) is 5.73 Å². The van der Waals surface area contributed by atoms with Crippen LogP contribution in [0.2, 0.25) is 10.0 Å². The van der Waals surface area contributed by atoms with Gasteiger partial charge in [0.15, 0.2) is 12.4 Å². The van der Waals surface area contributed by atoms with Gasteiger partial charge in [-0.3, -0.25) is 4.79 Å². The fourth-order valence-corrected chi connectivity index (χ4v) is 2.71. The fraction of sp³-hybridized carbons (Fsp3) is 0.176. The molecular formula is C17H16Cl3NO5. The highest BCUT2D eigenvalue weighted by atomic mass is 35.5. The summed E-state index contributed by atoms with van der Waals surface area (Å²) in [6.45, 7) is 1.15.